The van der Waals surface area contributed by atoms with Gasteiger partial charge < -0.3 is 15.9 Å². The van der Waals surface area contributed by atoms with E-state index < -0.39 is 18.6 Å². The highest BCUT2D eigenvalue weighted by Crippen LogP contribution is 1.71. The third-order valence-corrected chi connectivity index (χ3v) is 0.514. The molecule has 0 amide bonds. The molecular formula is C3H8BrNO3. The molecule has 50 valence electrons. The average molecular weight is 186 g/mol. The van der Waals surface area contributed by atoms with E-state index in [1.165, 1.54) is 0 Å². The molecule has 0 rings (SSSR count). The quantitative estimate of drug-likeness (QED) is 0.514. The summed E-state index contributed by atoms with van der Waals surface area (Å²) in [5.41, 5.74) is 4.77. The number of aliphatic carboxylic acids is 1. The summed E-state index contributed by atoms with van der Waals surface area (Å²) in [4.78, 5) is 9.65. The molecular weight excluding hydrogens is 178 g/mol. The van der Waals surface area contributed by atoms with Gasteiger partial charge in [0.25, 0.3) is 0 Å². The van der Waals surface area contributed by atoms with Crippen molar-refractivity contribution in [2.75, 3.05) is 6.61 Å². The van der Waals surface area contributed by atoms with Gasteiger partial charge in [-0.25, -0.2) is 0 Å². The maximum atomic E-state index is 9.65. The molecule has 0 aliphatic heterocycles. The van der Waals surface area contributed by atoms with Crippen LogP contribution in [-0.4, -0.2) is 28.8 Å². The van der Waals surface area contributed by atoms with Crippen LogP contribution < -0.4 is 5.73 Å². The molecule has 0 aromatic rings. The SMILES string of the molecule is Br.N[C@@H](CO)C(=O)O. The van der Waals surface area contributed by atoms with Gasteiger partial charge in [-0.05, 0) is 0 Å². The third kappa shape index (κ3) is 4.04. The van der Waals surface area contributed by atoms with E-state index in [2.05, 4.69) is 0 Å². The zero-order valence-corrected chi connectivity index (χ0v) is 5.79. The number of rotatable bonds is 2. The second-order valence-corrected chi connectivity index (χ2v) is 1.13. The van der Waals surface area contributed by atoms with Crippen molar-refractivity contribution in [1.29, 1.82) is 0 Å². The molecule has 0 aromatic carbocycles. The molecule has 0 heterocycles. The molecule has 8 heavy (non-hydrogen) atoms. The Kier molecular flexibility index (Phi) is 6.76. The number of hydrogen-bond donors (Lipinski definition) is 3. The molecule has 0 aliphatic carbocycles. The minimum absolute atomic E-state index is 0. The van der Waals surface area contributed by atoms with Gasteiger partial charge in [0.05, 0.1) is 6.61 Å². The predicted octanol–water partition coefficient (Wildman–Crippen LogP) is -1.03. The number of nitrogens with two attached hydrogens (primary N) is 1. The smallest absolute Gasteiger partial charge is 0.322 e. The number of carboxylic acid groups (broad SMARTS) is 1. The lowest BCUT2D eigenvalue weighted by atomic mass is 10.3. The molecule has 0 aromatic heterocycles. The second kappa shape index (κ2) is 5.02. The second-order valence-electron chi connectivity index (χ2n) is 1.13. The first-order valence-electron chi connectivity index (χ1n) is 1.77. The number of aliphatic hydroxyl groups excluding tert-OH is 1. The van der Waals surface area contributed by atoms with Gasteiger partial charge in [0.2, 0.25) is 0 Å². The van der Waals surface area contributed by atoms with Crippen molar-refractivity contribution in [3.63, 3.8) is 0 Å². The molecule has 0 saturated carbocycles. The largest absolute Gasteiger partial charge is 0.480 e. The fourth-order valence-electron chi connectivity index (χ4n) is 0.0781. The van der Waals surface area contributed by atoms with E-state index in [0.717, 1.165) is 0 Å². The van der Waals surface area contributed by atoms with Gasteiger partial charge in [-0.1, -0.05) is 0 Å². The first-order chi connectivity index (χ1) is 3.18. The van der Waals surface area contributed by atoms with Gasteiger partial charge in [0.15, 0.2) is 0 Å². The van der Waals surface area contributed by atoms with Crippen LogP contribution in [-0.2, 0) is 4.79 Å². The summed E-state index contributed by atoms with van der Waals surface area (Å²) in [5.74, 6) is -1.18. The van der Waals surface area contributed by atoms with Crippen LogP contribution in [0.15, 0.2) is 0 Å². The molecule has 4 nitrogen and oxygen atoms in total. The summed E-state index contributed by atoms with van der Waals surface area (Å²) in [6.07, 6.45) is 0. The Hall–Kier alpha value is -0.130. The number of carboxylic acids is 1. The van der Waals surface area contributed by atoms with Crippen LogP contribution in [0.2, 0.25) is 0 Å². The van der Waals surface area contributed by atoms with Gasteiger partial charge in [-0.3, -0.25) is 4.79 Å². The number of hydrogen-bond acceptors (Lipinski definition) is 3. The van der Waals surface area contributed by atoms with Crippen molar-refractivity contribution in [2.45, 2.75) is 6.04 Å². The zero-order valence-electron chi connectivity index (χ0n) is 4.07. The van der Waals surface area contributed by atoms with Crippen LogP contribution in [0.1, 0.15) is 0 Å². The first kappa shape index (κ1) is 10.8. The fraction of sp³-hybridized carbons (Fsp3) is 0.667. The lowest BCUT2D eigenvalue weighted by Crippen LogP contribution is -2.33. The Labute approximate surface area is 57.1 Å². The lowest BCUT2D eigenvalue weighted by Gasteiger charge is -1.96. The maximum absolute atomic E-state index is 9.65. The van der Waals surface area contributed by atoms with Crippen molar-refractivity contribution >= 4 is 23.0 Å². The normalized spacial score (nSPS) is 11.8. The van der Waals surface area contributed by atoms with Crippen LogP contribution in [0.4, 0.5) is 0 Å². The molecule has 1 atom stereocenters. The molecule has 0 fully saturated rings. The van der Waals surface area contributed by atoms with Crippen LogP contribution >= 0.6 is 17.0 Å². The molecule has 5 heteroatoms. The summed E-state index contributed by atoms with van der Waals surface area (Å²) in [6, 6.07) is -1.13. The maximum Gasteiger partial charge on any atom is 0.322 e. The highest BCUT2D eigenvalue weighted by Gasteiger charge is 2.06. The van der Waals surface area contributed by atoms with Crippen molar-refractivity contribution in [1.82, 2.24) is 0 Å². The van der Waals surface area contributed by atoms with E-state index in [9.17, 15) is 4.79 Å². The molecule has 0 bridgehead atoms. The average Bonchev–Trinajstić information content (AvgIpc) is 1.65. The zero-order chi connectivity index (χ0) is 5.86. The fourth-order valence-corrected chi connectivity index (χ4v) is 0.0781. The Morgan fingerprint density at radius 3 is 2.12 bits per heavy atom. The van der Waals surface area contributed by atoms with E-state index in [0.29, 0.717) is 0 Å². The van der Waals surface area contributed by atoms with E-state index >= 15 is 0 Å². The van der Waals surface area contributed by atoms with Gasteiger partial charge in [0, 0.05) is 0 Å². The number of aliphatic hydroxyl groups is 1. The summed E-state index contributed by atoms with van der Waals surface area (Å²) in [5, 5.41) is 15.9. The van der Waals surface area contributed by atoms with Gasteiger partial charge in [-0.15, -0.1) is 17.0 Å². The summed E-state index contributed by atoms with van der Waals surface area (Å²) < 4.78 is 0. The summed E-state index contributed by atoms with van der Waals surface area (Å²) >= 11 is 0. The van der Waals surface area contributed by atoms with E-state index in [1.807, 2.05) is 0 Å². The lowest BCUT2D eigenvalue weighted by molar-refractivity contribution is -0.139. The molecule has 0 spiro atoms. The topological polar surface area (TPSA) is 83.5 Å². The highest BCUT2D eigenvalue weighted by molar-refractivity contribution is 8.93. The number of carbonyl (C=O) groups is 1. The van der Waals surface area contributed by atoms with Crippen molar-refractivity contribution in [2.24, 2.45) is 5.73 Å². The monoisotopic (exact) mass is 185 g/mol. The summed E-state index contributed by atoms with van der Waals surface area (Å²) in [6.45, 7) is -0.505. The molecule has 0 aliphatic rings. The molecule has 4 N–H and O–H groups in total. The van der Waals surface area contributed by atoms with Crippen LogP contribution in [0.3, 0.4) is 0 Å². The Balaban J connectivity index is 0. The van der Waals surface area contributed by atoms with Gasteiger partial charge >= 0.3 is 5.97 Å². The molecule has 0 saturated heterocycles. The van der Waals surface area contributed by atoms with Crippen LogP contribution in [0.25, 0.3) is 0 Å². The van der Waals surface area contributed by atoms with Crippen molar-refractivity contribution in [3.8, 4) is 0 Å². The van der Waals surface area contributed by atoms with Crippen molar-refractivity contribution < 1.29 is 15.0 Å². The predicted molar refractivity (Wildman–Crippen MR) is 33.0 cm³/mol. The standard InChI is InChI=1S/C3H7NO3.BrH/c4-2(1-5)3(6)7;/h2,5H,1,4H2,(H,6,7);1H/t2-;/m0./s1. The Bertz CT molecular complexity index is 76.9. The minimum atomic E-state index is -1.18. The van der Waals surface area contributed by atoms with Crippen LogP contribution in [0, 0.1) is 0 Å². The Morgan fingerprint density at radius 2 is 2.12 bits per heavy atom. The first-order valence-corrected chi connectivity index (χ1v) is 1.77. The highest BCUT2D eigenvalue weighted by atomic mass is 79.9. The minimum Gasteiger partial charge on any atom is -0.480 e. The van der Waals surface area contributed by atoms with Gasteiger partial charge in [-0.2, -0.15) is 0 Å². The Morgan fingerprint density at radius 1 is 1.75 bits per heavy atom. The third-order valence-electron chi connectivity index (χ3n) is 0.514. The number of halogens is 1. The molecule has 0 radical (unpaired) electrons. The molecule has 0 unspecified atom stereocenters. The van der Waals surface area contributed by atoms with Crippen molar-refractivity contribution in [3.05, 3.63) is 0 Å². The van der Waals surface area contributed by atoms with Crippen LogP contribution in [0.5, 0.6) is 0 Å². The van der Waals surface area contributed by atoms with E-state index in [1.54, 1.807) is 0 Å². The van der Waals surface area contributed by atoms with E-state index in [4.69, 9.17) is 15.9 Å². The van der Waals surface area contributed by atoms with Gasteiger partial charge in [0.1, 0.15) is 6.04 Å². The van der Waals surface area contributed by atoms with E-state index in [-0.39, 0.29) is 17.0 Å². The summed E-state index contributed by atoms with van der Waals surface area (Å²) in [7, 11) is 0.